The number of rotatable bonds is 9. The van der Waals surface area contributed by atoms with E-state index in [2.05, 4.69) is 11.4 Å². The molecule has 0 spiro atoms. The fourth-order valence-corrected chi connectivity index (χ4v) is 5.37. The number of primary amides is 1. The third-order valence-corrected chi connectivity index (χ3v) is 7.28. The average Bonchev–Trinajstić information content (AvgIpc) is 3.37. The Balaban J connectivity index is 1.65. The number of aryl methyl sites for hydroxylation is 1. The Morgan fingerprint density at radius 3 is 2.38 bits per heavy atom. The minimum atomic E-state index is -1.38. The van der Waals surface area contributed by atoms with Gasteiger partial charge >= 0.3 is 5.97 Å². The van der Waals surface area contributed by atoms with Gasteiger partial charge in [-0.3, -0.25) is 19.2 Å². The number of benzene rings is 2. The summed E-state index contributed by atoms with van der Waals surface area (Å²) in [6, 6.07) is 11.6. The van der Waals surface area contributed by atoms with Crippen molar-refractivity contribution in [1.82, 2.24) is 5.32 Å². The van der Waals surface area contributed by atoms with E-state index < -0.39 is 35.6 Å². The predicted octanol–water partition coefficient (Wildman–Crippen LogP) is 2.85. The van der Waals surface area contributed by atoms with Gasteiger partial charge in [0.05, 0.1) is 23.8 Å². The summed E-state index contributed by atoms with van der Waals surface area (Å²) < 4.78 is 5.19. The molecule has 1 aromatic heterocycles. The summed E-state index contributed by atoms with van der Waals surface area (Å²) in [6.07, 6.45) is -0.457. The van der Waals surface area contributed by atoms with Gasteiger partial charge in [-0.15, -0.1) is 11.3 Å². The van der Waals surface area contributed by atoms with Crippen molar-refractivity contribution in [1.29, 1.82) is 5.26 Å². The van der Waals surface area contributed by atoms with Crippen molar-refractivity contribution in [2.75, 3.05) is 12.0 Å². The molecule has 3 aromatic rings. The SMILES string of the molecule is COc1ccc(-c2c(C)sc(N3C(=O)c4ccc(C(=O)N[C@@H](CCC(N)=O)C(=O)O)cc4C3=O)c2C#N)cc1. The maximum atomic E-state index is 13.4. The second-order valence-electron chi connectivity index (χ2n) is 8.63. The Morgan fingerprint density at radius 2 is 1.79 bits per heavy atom. The van der Waals surface area contributed by atoms with Crippen LogP contribution in [0.15, 0.2) is 42.5 Å². The van der Waals surface area contributed by atoms with Gasteiger partial charge in [-0.1, -0.05) is 12.1 Å². The number of thiophene rings is 1. The number of nitrogens with two attached hydrogens (primary N) is 1. The van der Waals surface area contributed by atoms with Crippen LogP contribution in [-0.4, -0.2) is 47.9 Å². The molecule has 0 bridgehead atoms. The summed E-state index contributed by atoms with van der Waals surface area (Å²) in [5.41, 5.74) is 6.47. The third-order valence-electron chi connectivity index (χ3n) is 6.19. The van der Waals surface area contributed by atoms with Crippen molar-refractivity contribution in [2.45, 2.75) is 25.8 Å². The van der Waals surface area contributed by atoms with Crippen LogP contribution in [0.5, 0.6) is 5.75 Å². The summed E-state index contributed by atoms with van der Waals surface area (Å²) in [4.78, 5) is 63.6. The van der Waals surface area contributed by atoms with Crippen molar-refractivity contribution in [3.63, 3.8) is 0 Å². The number of hydrogen-bond donors (Lipinski definition) is 3. The topological polar surface area (TPSA) is 180 Å². The summed E-state index contributed by atoms with van der Waals surface area (Å²) in [5.74, 6) is -3.60. The number of fused-ring (bicyclic) bond motifs is 1. The molecule has 0 unspecified atom stereocenters. The number of nitrogens with zero attached hydrogens (tertiary/aromatic N) is 2. The van der Waals surface area contributed by atoms with Gasteiger partial charge in [0.2, 0.25) is 5.91 Å². The first-order valence-corrected chi connectivity index (χ1v) is 12.4. The molecular formula is C27H22N4O7S. The van der Waals surface area contributed by atoms with Crippen molar-refractivity contribution in [3.8, 4) is 22.9 Å². The van der Waals surface area contributed by atoms with Crippen molar-refractivity contribution < 1.29 is 33.8 Å². The van der Waals surface area contributed by atoms with E-state index in [0.717, 1.165) is 21.1 Å². The Bertz CT molecular complexity index is 1570. The largest absolute Gasteiger partial charge is 0.497 e. The smallest absolute Gasteiger partial charge is 0.326 e. The summed E-state index contributed by atoms with van der Waals surface area (Å²) in [7, 11) is 1.54. The average molecular weight is 547 g/mol. The lowest BCUT2D eigenvalue weighted by Crippen LogP contribution is -2.41. The number of carbonyl (C=O) groups excluding carboxylic acids is 4. The molecule has 4 rings (SSSR count). The van der Waals surface area contributed by atoms with Gasteiger partial charge < -0.3 is 20.9 Å². The first-order valence-electron chi connectivity index (χ1n) is 11.6. The monoisotopic (exact) mass is 546 g/mol. The first kappa shape index (κ1) is 27.0. The molecule has 1 aliphatic rings. The molecule has 4 amide bonds. The lowest BCUT2D eigenvalue weighted by Gasteiger charge is -2.14. The number of hydrogen-bond acceptors (Lipinski definition) is 8. The van der Waals surface area contributed by atoms with E-state index in [-0.39, 0.29) is 40.1 Å². The van der Waals surface area contributed by atoms with E-state index in [1.807, 2.05) is 0 Å². The zero-order valence-electron chi connectivity index (χ0n) is 20.8. The first-order chi connectivity index (χ1) is 18.6. The molecular weight excluding hydrogens is 524 g/mol. The number of imide groups is 1. The number of carboxylic acid groups (broad SMARTS) is 1. The highest BCUT2D eigenvalue weighted by atomic mass is 32.1. The van der Waals surface area contributed by atoms with Crippen LogP contribution in [-0.2, 0) is 9.59 Å². The van der Waals surface area contributed by atoms with E-state index in [0.29, 0.717) is 16.9 Å². The van der Waals surface area contributed by atoms with Gasteiger partial charge in [-0.05, 0) is 49.2 Å². The van der Waals surface area contributed by atoms with Gasteiger partial charge in [-0.25, -0.2) is 9.69 Å². The molecule has 198 valence electrons. The normalized spacial score (nSPS) is 13.0. The highest BCUT2D eigenvalue weighted by Gasteiger charge is 2.40. The molecule has 0 saturated heterocycles. The van der Waals surface area contributed by atoms with Gasteiger partial charge in [0.1, 0.15) is 22.9 Å². The number of aliphatic carboxylic acids is 1. The second kappa shape index (κ2) is 10.8. The highest BCUT2D eigenvalue weighted by Crippen LogP contribution is 2.44. The van der Waals surface area contributed by atoms with Crippen molar-refractivity contribution >= 4 is 45.9 Å². The van der Waals surface area contributed by atoms with Crippen LogP contribution in [0.2, 0.25) is 0 Å². The molecule has 0 aliphatic carbocycles. The molecule has 39 heavy (non-hydrogen) atoms. The standard InChI is InChI=1S/C27H22N4O7S/c1-13-22(14-3-6-16(38-2)7-4-14)19(12-28)26(39-13)31-24(34)17-8-5-15(11-18(17)25(31)35)23(33)30-20(27(36)37)9-10-21(29)32/h3-8,11,20H,9-10H2,1-2H3,(H2,29,32)(H,30,33)(H,36,37)/t20-/m0/s1. The van der Waals surface area contributed by atoms with Crippen molar-refractivity contribution in [3.05, 3.63) is 69.6 Å². The molecule has 11 nitrogen and oxygen atoms in total. The maximum absolute atomic E-state index is 13.4. The molecule has 2 heterocycles. The third kappa shape index (κ3) is 5.07. The molecule has 1 aliphatic heterocycles. The fraction of sp³-hybridized carbons (Fsp3) is 0.185. The number of carboxylic acids is 1. The number of carbonyl (C=O) groups is 5. The Kier molecular flexibility index (Phi) is 7.46. The van der Waals surface area contributed by atoms with E-state index in [4.69, 9.17) is 10.5 Å². The molecule has 1 atom stereocenters. The van der Waals surface area contributed by atoms with Gasteiger partial charge in [0.15, 0.2) is 0 Å². The summed E-state index contributed by atoms with van der Waals surface area (Å²) >= 11 is 1.12. The minimum absolute atomic E-state index is 0.0426. The second-order valence-corrected chi connectivity index (χ2v) is 9.83. The predicted molar refractivity (Wildman–Crippen MR) is 141 cm³/mol. The zero-order valence-corrected chi connectivity index (χ0v) is 21.6. The van der Waals surface area contributed by atoms with Crippen molar-refractivity contribution in [2.24, 2.45) is 5.73 Å². The molecule has 12 heteroatoms. The number of nitrogens with one attached hydrogen (secondary N) is 1. The van der Waals surface area contributed by atoms with Crippen LogP contribution in [0.4, 0.5) is 5.00 Å². The molecule has 0 saturated carbocycles. The maximum Gasteiger partial charge on any atom is 0.326 e. The van der Waals surface area contributed by atoms with E-state index in [1.54, 1.807) is 31.2 Å². The molecule has 0 fully saturated rings. The fourth-order valence-electron chi connectivity index (χ4n) is 4.25. The van der Waals surface area contributed by atoms with Crippen LogP contribution < -0.4 is 20.7 Å². The minimum Gasteiger partial charge on any atom is -0.497 e. The molecule has 0 radical (unpaired) electrons. The Morgan fingerprint density at radius 1 is 1.13 bits per heavy atom. The molecule has 2 aromatic carbocycles. The van der Waals surface area contributed by atoms with Gasteiger partial charge in [-0.2, -0.15) is 5.26 Å². The Hall–Kier alpha value is -5.02. The van der Waals surface area contributed by atoms with E-state index in [1.165, 1.54) is 25.3 Å². The Labute approximate surface area is 226 Å². The van der Waals surface area contributed by atoms with Gasteiger partial charge in [0.25, 0.3) is 17.7 Å². The number of anilines is 1. The van der Waals surface area contributed by atoms with E-state index in [9.17, 15) is 34.3 Å². The number of ether oxygens (including phenoxy) is 1. The van der Waals surface area contributed by atoms with Crippen LogP contribution in [0.3, 0.4) is 0 Å². The van der Waals surface area contributed by atoms with Crippen LogP contribution in [0.25, 0.3) is 11.1 Å². The number of amides is 4. The van der Waals surface area contributed by atoms with Crippen LogP contribution in [0.1, 0.15) is 54.4 Å². The summed E-state index contributed by atoms with van der Waals surface area (Å²) in [5, 5.41) is 21.8. The lowest BCUT2D eigenvalue weighted by molar-refractivity contribution is -0.139. The lowest BCUT2D eigenvalue weighted by atomic mass is 10.0. The van der Waals surface area contributed by atoms with Gasteiger partial charge in [0, 0.05) is 22.4 Å². The van der Waals surface area contributed by atoms with Crippen LogP contribution in [0, 0.1) is 18.3 Å². The zero-order chi connectivity index (χ0) is 28.4. The number of nitriles is 1. The van der Waals surface area contributed by atoms with Crippen LogP contribution >= 0.6 is 11.3 Å². The summed E-state index contributed by atoms with van der Waals surface area (Å²) in [6.45, 7) is 1.78. The highest BCUT2D eigenvalue weighted by molar-refractivity contribution is 7.17. The molecule has 4 N–H and O–H groups in total. The number of methoxy groups -OCH3 is 1. The quantitative estimate of drug-likeness (QED) is 0.343. The van der Waals surface area contributed by atoms with E-state index >= 15 is 0 Å².